The zero-order chi connectivity index (χ0) is 13.1. The maximum absolute atomic E-state index is 13.0. The van der Waals surface area contributed by atoms with Crippen molar-refractivity contribution in [2.45, 2.75) is 6.42 Å². The Morgan fingerprint density at radius 1 is 1.22 bits per heavy atom. The predicted molar refractivity (Wildman–Crippen MR) is 59.4 cm³/mol. The van der Waals surface area contributed by atoms with E-state index < -0.39 is 17.5 Å². The fraction of sp³-hybridized carbons (Fsp3) is 0.250. The van der Waals surface area contributed by atoms with Gasteiger partial charge in [-0.1, -0.05) is 0 Å². The first-order chi connectivity index (χ1) is 8.61. The molecular formula is C12H11F3N2O. The van der Waals surface area contributed by atoms with Crippen LogP contribution in [0.3, 0.4) is 0 Å². The first-order valence-electron chi connectivity index (χ1n) is 5.36. The van der Waals surface area contributed by atoms with Gasteiger partial charge in [0, 0.05) is 18.5 Å². The molecule has 0 atom stereocenters. The highest BCUT2D eigenvalue weighted by Gasteiger charge is 2.14. The van der Waals surface area contributed by atoms with Crippen molar-refractivity contribution < 1.29 is 17.6 Å². The van der Waals surface area contributed by atoms with E-state index in [1.54, 1.807) is 7.05 Å². The molecule has 18 heavy (non-hydrogen) atoms. The van der Waals surface area contributed by atoms with Crippen LogP contribution in [-0.4, -0.2) is 18.6 Å². The van der Waals surface area contributed by atoms with E-state index in [1.807, 2.05) is 0 Å². The summed E-state index contributed by atoms with van der Waals surface area (Å²) in [5.41, 5.74) is 0.120. The van der Waals surface area contributed by atoms with Crippen molar-refractivity contribution >= 4 is 0 Å². The zero-order valence-corrected chi connectivity index (χ0v) is 9.64. The van der Waals surface area contributed by atoms with E-state index in [1.165, 1.54) is 6.20 Å². The number of likely N-dealkylation sites (N-methyl/N-ethyl adjacent to an activating group) is 1. The molecule has 0 fully saturated rings. The Morgan fingerprint density at radius 2 is 1.89 bits per heavy atom. The van der Waals surface area contributed by atoms with Gasteiger partial charge in [0.25, 0.3) is 0 Å². The Balaban J connectivity index is 2.28. The number of nitrogens with zero attached hydrogens (tertiary/aromatic N) is 1. The summed E-state index contributed by atoms with van der Waals surface area (Å²) >= 11 is 0. The van der Waals surface area contributed by atoms with E-state index in [0.29, 0.717) is 18.9 Å². The molecule has 0 bridgehead atoms. The monoisotopic (exact) mass is 256 g/mol. The van der Waals surface area contributed by atoms with E-state index in [2.05, 4.69) is 10.3 Å². The van der Waals surface area contributed by atoms with Gasteiger partial charge in [-0.2, -0.15) is 0 Å². The summed E-state index contributed by atoms with van der Waals surface area (Å²) < 4.78 is 44.2. The molecule has 1 heterocycles. The summed E-state index contributed by atoms with van der Waals surface area (Å²) in [5, 5.41) is 2.92. The fourth-order valence-electron chi connectivity index (χ4n) is 1.49. The summed E-state index contributed by atoms with van der Waals surface area (Å²) in [6.45, 7) is 0.673. The number of benzene rings is 1. The standard InChI is InChI=1S/C12H11F3N2O/c1-16-3-2-11-17-6-10(18-11)7-4-8(13)12(15)9(14)5-7/h4-6,16H,2-3H2,1H3. The van der Waals surface area contributed by atoms with Crippen molar-refractivity contribution in [2.24, 2.45) is 0 Å². The maximum Gasteiger partial charge on any atom is 0.196 e. The highest BCUT2D eigenvalue weighted by Crippen LogP contribution is 2.24. The Bertz CT molecular complexity index is 531. The third-order valence-corrected chi connectivity index (χ3v) is 2.41. The normalized spacial score (nSPS) is 10.9. The first kappa shape index (κ1) is 12.6. The second kappa shape index (κ2) is 5.22. The Morgan fingerprint density at radius 3 is 2.50 bits per heavy atom. The van der Waals surface area contributed by atoms with Crippen molar-refractivity contribution in [1.29, 1.82) is 0 Å². The number of nitrogens with one attached hydrogen (secondary N) is 1. The third-order valence-electron chi connectivity index (χ3n) is 2.41. The van der Waals surface area contributed by atoms with E-state index in [4.69, 9.17) is 4.42 Å². The average Bonchev–Trinajstić information content (AvgIpc) is 2.81. The summed E-state index contributed by atoms with van der Waals surface area (Å²) in [5.74, 6) is -3.34. The van der Waals surface area contributed by atoms with Crippen LogP contribution < -0.4 is 5.32 Å². The van der Waals surface area contributed by atoms with Gasteiger partial charge in [-0.05, 0) is 19.2 Å². The van der Waals surface area contributed by atoms with Crippen molar-refractivity contribution in [3.8, 4) is 11.3 Å². The topological polar surface area (TPSA) is 38.1 Å². The van der Waals surface area contributed by atoms with Crippen molar-refractivity contribution in [3.05, 3.63) is 41.7 Å². The highest BCUT2D eigenvalue weighted by molar-refractivity contribution is 5.56. The largest absolute Gasteiger partial charge is 0.441 e. The number of hydrogen-bond acceptors (Lipinski definition) is 3. The smallest absolute Gasteiger partial charge is 0.196 e. The van der Waals surface area contributed by atoms with Crippen molar-refractivity contribution in [2.75, 3.05) is 13.6 Å². The third kappa shape index (κ3) is 2.53. The molecule has 0 aliphatic carbocycles. The molecule has 2 aromatic rings. The van der Waals surface area contributed by atoms with Crippen LogP contribution >= 0.6 is 0 Å². The van der Waals surface area contributed by atoms with E-state index in [0.717, 1.165) is 12.1 Å². The molecule has 0 aliphatic heterocycles. The molecule has 0 amide bonds. The van der Waals surface area contributed by atoms with Gasteiger partial charge >= 0.3 is 0 Å². The van der Waals surface area contributed by atoms with Crippen LogP contribution in [0.4, 0.5) is 13.2 Å². The van der Waals surface area contributed by atoms with Crippen molar-refractivity contribution in [3.63, 3.8) is 0 Å². The van der Waals surface area contributed by atoms with Gasteiger partial charge in [0.05, 0.1) is 6.20 Å². The number of hydrogen-bond donors (Lipinski definition) is 1. The van der Waals surface area contributed by atoms with Gasteiger partial charge in [-0.3, -0.25) is 0 Å². The molecule has 0 aliphatic rings. The summed E-state index contributed by atoms with van der Waals surface area (Å²) in [6.07, 6.45) is 1.92. The molecule has 0 spiro atoms. The molecule has 3 nitrogen and oxygen atoms in total. The molecule has 1 N–H and O–H groups in total. The van der Waals surface area contributed by atoms with Crippen LogP contribution in [0.25, 0.3) is 11.3 Å². The fourth-order valence-corrected chi connectivity index (χ4v) is 1.49. The lowest BCUT2D eigenvalue weighted by molar-refractivity contribution is 0.446. The van der Waals surface area contributed by atoms with Crippen LogP contribution in [0, 0.1) is 17.5 Å². The van der Waals surface area contributed by atoms with E-state index in [9.17, 15) is 13.2 Å². The summed E-state index contributed by atoms with van der Waals surface area (Å²) in [7, 11) is 1.79. The van der Waals surface area contributed by atoms with Crippen LogP contribution in [-0.2, 0) is 6.42 Å². The molecule has 2 rings (SSSR count). The molecular weight excluding hydrogens is 245 g/mol. The van der Waals surface area contributed by atoms with Gasteiger partial charge in [0.2, 0.25) is 0 Å². The van der Waals surface area contributed by atoms with Crippen LogP contribution in [0.15, 0.2) is 22.7 Å². The number of rotatable bonds is 4. The first-order valence-corrected chi connectivity index (χ1v) is 5.36. The molecule has 6 heteroatoms. The minimum atomic E-state index is -1.49. The van der Waals surface area contributed by atoms with Gasteiger partial charge in [-0.15, -0.1) is 0 Å². The Kier molecular flexibility index (Phi) is 3.66. The molecule has 1 aromatic carbocycles. The second-order valence-corrected chi connectivity index (χ2v) is 3.73. The van der Waals surface area contributed by atoms with Crippen LogP contribution in [0.1, 0.15) is 5.89 Å². The molecule has 0 radical (unpaired) electrons. The van der Waals surface area contributed by atoms with Crippen molar-refractivity contribution in [1.82, 2.24) is 10.3 Å². The summed E-state index contributed by atoms with van der Waals surface area (Å²) in [6, 6.07) is 1.75. The maximum atomic E-state index is 13.0. The lowest BCUT2D eigenvalue weighted by Crippen LogP contribution is -2.10. The zero-order valence-electron chi connectivity index (χ0n) is 9.64. The Labute approximate surface area is 102 Å². The molecule has 0 saturated carbocycles. The van der Waals surface area contributed by atoms with Crippen LogP contribution in [0.5, 0.6) is 0 Å². The van der Waals surface area contributed by atoms with E-state index in [-0.39, 0.29) is 11.3 Å². The lowest BCUT2D eigenvalue weighted by Gasteiger charge is -1.99. The van der Waals surface area contributed by atoms with Gasteiger partial charge in [0.1, 0.15) is 0 Å². The lowest BCUT2D eigenvalue weighted by atomic mass is 10.1. The molecule has 1 aromatic heterocycles. The van der Waals surface area contributed by atoms with Gasteiger partial charge < -0.3 is 9.73 Å². The van der Waals surface area contributed by atoms with E-state index >= 15 is 0 Å². The Hall–Kier alpha value is -1.82. The SMILES string of the molecule is CNCCc1ncc(-c2cc(F)c(F)c(F)c2)o1. The number of aromatic nitrogens is 1. The second-order valence-electron chi connectivity index (χ2n) is 3.73. The molecule has 0 saturated heterocycles. The number of oxazole rings is 1. The average molecular weight is 256 g/mol. The number of halogens is 3. The highest BCUT2D eigenvalue weighted by atomic mass is 19.2. The van der Waals surface area contributed by atoms with Crippen LogP contribution in [0.2, 0.25) is 0 Å². The minimum absolute atomic E-state index is 0.120. The van der Waals surface area contributed by atoms with Gasteiger partial charge in [-0.25, -0.2) is 18.2 Å². The minimum Gasteiger partial charge on any atom is -0.441 e. The predicted octanol–water partition coefficient (Wildman–Crippen LogP) is 2.52. The molecule has 96 valence electrons. The summed E-state index contributed by atoms with van der Waals surface area (Å²) in [4.78, 5) is 3.97. The molecule has 0 unspecified atom stereocenters. The quantitative estimate of drug-likeness (QED) is 0.854. The van der Waals surface area contributed by atoms with Gasteiger partial charge in [0.15, 0.2) is 29.1 Å².